The Morgan fingerprint density at radius 3 is 2.85 bits per heavy atom. The molecule has 0 saturated carbocycles. The third kappa shape index (κ3) is 4.68. The van der Waals surface area contributed by atoms with Crippen molar-refractivity contribution >= 4 is 0 Å². The lowest BCUT2D eigenvalue weighted by atomic mass is 9.89. The Morgan fingerprint density at radius 2 is 2.20 bits per heavy atom. The molecule has 1 heterocycles. The molecule has 0 spiro atoms. The molecule has 1 fully saturated rings. The van der Waals surface area contributed by atoms with E-state index in [2.05, 4.69) is 37.5 Å². The van der Waals surface area contributed by atoms with E-state index in [1.165, 1.54) is 70.0 Å². The minimum atomic E-state index is 0.724. The summed E-state index contributed by atoms with van der Waals surface area (Å²) in [5.74, 6) is 1.67. The number of nitrogens with zero attached hydrogens (tertiary/aromatic N) is 1. The van der Waals surface area contributed by atoms with Crippen LogP contribution in [-0.2, 0) is 0 Å². The van der Waals surface area contributed by atoms with Crippen molar-refractivity contribution in [1.29, 1.82) is 0 Å². The van der Waals surface area contributed by atoms with Crippen LogP contribution in [0.5, 0.6) is 0 Å². The van der Waals surface area contributed by atoms with E-state index in [1.807, 2.05) is 0 Å². The van der Waals surface area contributed by atoms with Crippen LogP contribution in [0.2, 0.25) is 0 Å². The van der Waals surface area contributed by atoms with Gasteiger partial charge in [-0.3, -0.25) is 0 Å². The first-order chi connectivity index (χ1) is 9.66. The summed E-state index contributed by atoms with van der Waals surface area (Å²) in [4.78, 5) is 2.54. The van der Waals surface area contributed by atoms with Crippen LogP contribution in [0.4, 0.5) is 0 Å². The molecule has 0 aromatic carbocycles. The van der Waals surface area contributed by atoms with Gasteiger partial charge in [-0.1, -0.05) is 38.5 Å². The van der Waals surface area contributed by atoms with Crippen LogP contribution in [0, 0.1) is 11.8 Å². The van der Waals surface area contributed by atoms with Crippen LogP contribution in [-0.4, -0.2) is 17.5 Å². The van der Waals surface area contributed by atoms with Crippen LogP contribution in [0.25, 0.3) is 0 Å². The van der Waals surface area contributed by atoms with Gasteiger partial charge in [0.05, 0.1) is 0 Å². The predicted octanol–water partition coefficient (Wildman–Crippen LogP) is 5.54. The van der Waals surface area contributed by atoms with E-state index in [1.54, 1.807) is 0 Å². The summed E-state index contributed by atoms with van der Waals surface area (Å²) < 4.78 is 0. The molecule has 0 amide bonds. The van der Waals surface area contributed by atoms with Gasteiger partial charge in [-0.2, -0.15) is 0 Å². The molecule has 1 saturated heterocycles. The maximum absolute atomic E-state index is 4.34. The average Bonchev–Trinajstić information content (AvgIpc) is 2.86. The van der Waals surface area contributed by atoms with Gasteiger partial charge in [-0.05, 0) is 63.7 Å². The standard InChI is InChI=1S/C19H33N/c1-16(9-7-13-19-11-5-4-6-12-19)15-18(3)20-14-8-10-17(20)2/h5,11,16-17,19H,3-4,6-10,12-15H2,1-2H3. The lowest BCUT2D eigenvalue weighted by Gasteiger charge is -2.28. The van der Waals surface area contributed by atoms with Gasteiger partial charge < -0.3 is 4.90 Å². The van der Waals surface area contributed by atoms with E-state index in [9.17, 15) is 0 Å². The van der Waals surface area contributed by atoms with Crippen molar-refractivity contribution < 1.29 is 0 Å². The zero-order chi connectivity index (χ0) is 14.4. The van der Waals surface area contributed by atoms with Crippen LogP contribution in [0.1, 0.15) is 71.6 Å². The molecule has 0 aromatic rings. The van der Waals surface area contributed by atoms with Crippen molar-refractivity contribution in [3.05, 3.63) is 24.4 Å². The molecular formula is C19H33N. The average molecular weight is 275 g/mol. The molecule has 2 rings (SSSR count). The molecule has 1 aliphatic heterocycles. The first-order valence-corrected chi connectivity index (χ1v) is 8.78. The normalized spacial score (nSPS) is 27.8. The summed E-state index contributed by atoms with van der Waals surface area (Å²) in [6.45, 7) is 10.3. The fourth-order valence-corrected chi connectivity index (χ4v) is 3.88. The molecular weight excluding hydrogens is 242 g/mol. The van der Waals surface area contributed by atoms with Crippen LogP contribution in [0.15, 0.2) is 24.4 Å². The van der Waals surface area contributed by atoms with E-state index < -0.39 is 0 Å². The third-order valence-corrected chi connectivity index (χ3v) is 5.17. The summed E-state index contributed by atoms with van der Waals surface area (Å²) in [6, 6.07) is 0.724. The van der Waals surface area contributed by atoms with Crippen LogP contribution >= 0.6 is 0 Å². The molecule has 0 aromatic heterocycles. The van der Waals surface area contributed by atoms with Gasteiger partial charge in [0.1, 0.15) is 0 Å². The van der Waals surface area contributed by atoms with E-state index in [0.717, 1.165) is 17.9 Å². The lowest BCUT2D eigenvalue weighted by molar-refractivity contribution is 0.309. The number of hydrogen-bond acceptors (Lipinski definition) is 1. The Morgan fingerprint density at radius 1 is 1.35 bits per heavy atom. The van der Waals surface area contributed by atoms with Gasteiger partial charge in [0.2, 0.25) is 0 Å². The highest BCUT2D eigenvalue weighted by Gasteiger charge is 2.22. The first-order valence-electron chi connectivity index (χ1n) is 8.78. The van der Waals surface area contributed by atoms with Crippen molar-refractivity contribution in [1.82, 2.24) is 4.90 Å². The van der Waals surface area contributed by atoms with Gasteiger partial charge >= 0.3 is 0 Å². The molecule has 3 unspecified atom stereocenters. The Labute approximate surface area is 126 Å². The summed E-state index contributed by atoms with van der Waals surface area (Å²) in [5.41, 5.74) is 1.39. The Balaban J connectivity index is 1.62. The highest BCUT2D eigenvalue weighted by Crippen LogP contribution is 2.28. The minimum absolute atomic E-state index is 0.724. The predicted molar refractivity (Wildman–Crippen MR) is 88.7 cm³/mol. The molecule has 114 valence electrons. The Hall–Kier alpha value is -0.720. The van der Waals surface area contributed by atoms with Gasteiger partial charge in [0.15, 0.2) is 0 Å². The van der Waals surface area contributed by atoms with E-state index in [-0.39, 0.29) is 0 Å². The highest BCUT2D eigenvalue weighted by atomic mass is 15.2. The van der Waals surface area contributed by atoms with Gasteiger partial charge in [-0.15, -0.1) is 0 Å². The van der Waals surface area contributed by atoms with Crippen molar-refractivity contribution in [2.75, 3.05) is 6.54 Å². The van der Waals surface area contributed by atoms with Crippen molar-refractivity contribution in [3.63, 3.8) is 0 Å². The van der Waals surface area contributed by atoms with Gasteiger partial charge in [0.25, 0.3) is 0 Å². The quantitative estimate of drug-likeness (QED) is 0.552. The van der Waals surface area contributed by atoms with Crippen molar-refractivity contribution in [3.8, 4) is 0 Å². The maximum Gasteiger partial charge on any atom is 0.0259 e. The minimum Gasteiger partial charge on any atom is -0.373 e. The molecule has 1 heteroatoms. The molecule has 1 nitrogen and oxygen atoms in total. The summed E-state index contributed by atoms with van der Waals surface area (Å²) in [6.07, 6.45) is 17.0. The number of likely N-dealkylation sites (tertiary alicyclic amines) is 1. The molecule has 1 aliphatic carbocycles. The monoisotopic (exact) mass is 275 g/mol. The van der Waals surface area contributed by atoms with Crippen molar-refractivity contribution in [2.24, 2.45) is 11.8 Å². The van der Waals surface area contributed by atoms with Crippen molar-refractivity contribution in [2.45, 2.75) is 77.7 Å². The molecule has 0 bridgehead atoms. The molecule has 3 atom stereocenters. The molecule has 0 radical (unpaired) electrons. The second-order valence-electron chi connectivity index (χ2n) is 7.11. The Bertz CT molecular complexity index is 331. The van der Waals surface area contributed by atoms with E-state index in [4.69, 9.17) is 0 Å². The number of hydrogen-bond donors (Lipinski definition) is 0. The molecule has 0 N–H and O–H groups in total. The number of rotatable bonds is 7. The topological polar surface area (TPSA) is 3.24 Å². The lowest BCUT2D eigenvalue weighted by Crippen LogP contribution is -2.26. The highest BCUT2D eigenvalue weighted by molar-refractivity contribution is 5.00. The fraction of sp³-hybridized carbons (Fsp3) is 0.789. The zero-order valence-electron chi connectivity index (χ0n) is 13.6. The number of allylic oxidation sites excluding steroid dienone is 3. The second kappa shape index (κ2) is 7.90. The SMILES string of the molecule is C=C(CC(C)CCCC1C=CCCC1)N1CCCC1C. The van der Waals surface area contributed by atoms with Crippen LogP contribution in [0.3, 0.4) is 0 Å². The van der Waals surface area contributed by atoms with E-state index >= 15 is 0 Å². The van der Waals surface area contributed by atoms with E-state index in [0.29, 0.717) is 0 Å². The zero-order valence-corrected chi connectivity index (χ0v) is 13.6. The van der Waals surface area contributed by atoms with Gasteiger partial charge in [-0.25, -0.2) is 0 Å². The van der Waals surface area contributed by atoms with Crippen LogP contribution < -0.4 is 0 Å². The summed E-state index contributed by atoms with van der Waals surface area (Å²) >= 11 is 0. The third-order valence-electron chi connectivity index (χ3n) is 5.17. The summed E-state index contributed by atoms with van der Waals surface area (Å²) in [5, 5.41) is 0. The van der Waals surface area contributed by atoms with Gasteiger partial charge in [0, 0.05) is 18.3 Å². The largest absolute Gasteiger partial charge is 0.373 e. The second-order valence-corrected chi connectivity index (χ2v) is 7.11. The molecule has 20 heavy (non-hydrogen) atoms. The smallest absolute Gasteiger partial charge is 0.0259 e. The first kappa shape index (κ1) is 15.7. The molecule has 2 aliphatic rings. The summed E-state index contributed by atoms with van der Waals surface area (Å²) in [7, 11) is 0. The maximum atomic E-state index is 4.34. The fourth-order valence-electron chi connectivity index (χ4n) is 3.88. The Kier molecular flexibility index (Phi) is 6.19.